The molecule has 1 N–H and O–H groups in total. The highest BCUT2D eigenvalue weighted by Crippen LogP contribution is 2.29. The molecule has 0 spiro atoms. The smallest absolute Gasteiger partial charge is 0.331 e. The van der Waals surface area contributed by atoms with Crippen molar-refractivity contribution in [1.82, 2.24) is 4.98 Å². The number of carbonyl (C=O) groups is 2. The fraction of sp³-hybridized carbons (Fsp3) is 0.250. The van der Waals surface area contributed by atoms with E-state index in [-0.39, 0.29) is 12.4 Å². The number of benzene rings is 2. The molecule has 0 saturated heterocycles. The Labute approximate surface area is 175 Å². The van der Waals surface area contributed by atoms with E-state index in [1.165, 1.54) is 6.08 Å². The Morgan fingerprint density at radius 1 is 1.03 bits per heavy atom. The maximum atomic E-state index is 12.4. The van der Waals surface area contributed by atoms with Gasteiger partial charge in [-0.1, -0.05) is 31.2 Å². The molecule has 0 amide bonds. The molecule has 156 valence electrons. The summed E-state index contributed by atoms with van der Waals surface area (Å²) in [4.78, 5) is 27.5. The van der Waals surface area contributed by atoms with Crippen LogP contribution in [0.1, 0.15) is 36.2 Å². The van der Waals surface area contributed by atoms with Crippen molar-refractivity contribution in [2.24, 2.45) is 0 Å². The first-order valence-corrected chi connectivity index (χ1v) is 9.96. The van der Waals surface area contributed by atoms with Crippen LogP contribution >= 0.6 is 0 Å². The SMILES string of the molecule is CCCOc1ccc(C=CC(=O)OCC(=O)c2c[nH]c3ccccc23)cc1OCC. The number of nitrogens with one attached hydrogen (secondary N) is 1. The molecule has 0 aliphatic rings. The van der Waals surface area contributed by atoms with Gasteiger partial charge in [0, 0.05) is 28.7 Å². The first-order valence-electron chi connectivity index (χ1n) is 9.96. The van der Waals surface area contributed by atoms with Gasteiger partial charge < -0.3 is 19.2 Å². The first-order chi connectivity index (χ1) is 14.6. The molecular weight excluding hydrogens is 382 g/mol. The van der Waals surface area contributed by atoms with Crippen molar-refractivity contribution in [2.45, 2.75) is 20.3 Å². The van der Waals surface area contributed by atoms with Crippen LogP contribution in [-0.2, 0) is 9.53 Å². The Morgan fingerprint density at radius 2 is 1.87 bits per heavy atom. The number of fused-ring (bicyclic) bond motifs is 1. The van der Waals surface area contributed by atoms with Crippen LogP contribution in [0.5, 0.6) is 11.5 Å². The number of para-hydroxylation sites is 1. The van der Waals surface area contributed by atoms with Crippen molar-refractivity contribution in [1.29, 1.82) is 0 Å². The molecule has 0 atom stereocenters. The van der Waals surface area contributed by atoms with Gasteiger partial charge in [-0.15, -0.1) is 0 Å². The van der Waals surface area contributed by atoms with Crippen molar-refractivity contribution in [3.05, 3.63) is 65.9 Å². The van der Waals surface area contributed by atoms with Crippen molar-refractivity contribution in [3.8, 4) is 11.5 Å². The van der Waals surface area contributed by atoms with Gasteiger partial charge in [0.15, 0.2) is 18.1 Å². The molecular formula is C24H25NO5. The van der Waals surface area contributed by atoms with E-state index in [4.69, 9.17) is 14.2 Å². The summed E-state index contributed by atoms with van der Waals surface area (Å²) in [6, 6.07) is 12.9. The normalized spacial score (nSPS) is 11.0. The Balaban J connectivity index is 1.60. The fourth-order valence-corrected chi connectivity index (χ4v) is 2.96. The van der Waals surface area contributed by atoms with Crippen LogP contribution < -0.4 is 9.47 Å². The number of ether oxygens (including phenoxy) is 3. The van der Waals surface area contributed by atoms with Gasteiger partial charge >= 0.3 is 5.97 Å². The molecule has 0 saturated carbocycles. The first kappa shape index (κ1) is 21.2. The zero-order chi connectivity index (χ0) is 21.3. The fourth-order valence-electron chi connectivity index (χ4n) is 2.96. The molecule has 6 heteroatoms. The molecule has 3 aromatic rings. The third kappa shape index (κ3) is 5.29. The minimum atomic E-state index is -0.590. The zero-order valence-corrected chi connectivity index (χ0v) is 17.1. The Hall–Kier alpha value is -3.54. The number of H-pyrrole nitrogens is 1. The van der Waals surface area contributed by atoms with Gasteiger partial charge in [0.25, 0.3) is 0 Å². The number of hydrogen-bond donors (Lipinski definition) is 1. The van der Waals surface area contributed by atoms with E-state index in [0.29, 0.717) is 30.3 Å². The zero-order valence-electron chi connectivity index (χ0n) is 17.1. The number of rotatable bonds is 10. The number of carbonyl (C=O) groups excluding carboxylic acids is 2. The minimum Gasteiger partial charge on any atom is -0.490 e. The molecule has 30 heavy (non-hydrogen) atoms. The summed E-state index contributed by atoms with van der Waals surface area (Å²) in [7, 11) is 0. The largest absolute Gasteiger partial charge is 0.490 e. The van der Waals surface area contributed by atoms with Gasteiger partial charge in [-0.2, -0.15) is 0 Å². The molecule has 2 aromatic carbocycles. The molecule has 0 radical (unpaired) electrons. The van der Waals surface area contributed by atoms with Crippen LogP contribution in [0.3, 0.4) is 0 Å². The molecule has 1 heterocycles. The molecule has 0 bridgehead atoms. The lowest BCUT2D eigenvalue weighted by atomic mass is 10.1. The van der Waals surface area contributed by atoms with E-state index in [1.54, 1.807) is 18.3 Å². The number of hydrogen-bond acceptors (Lipinski definition) is 5. The van der Waals surface area contributed by atoms with E-state index < -0.39 is 5.97 Å². The topological polar surface area (TPSA) is 77.6 Å². The summed E-state index contributed by atoms with van der Waals surface area (Å²) in [5, 5.41) is 0.808. The second-order valence-corrected chi connectivity index (χ2v) is 6.60. The summed E-state index contributed by atoms with van der Waals surface area (Å²) < 4.78 is 16.4. The van der Waals surface area contributed by atoms with Crippen molar-refractivity contribution in [2.75, 3.05) is 19.8 Å². The molecule has 0 fully saturated rings. The highest BCUT2D eigenvalue weighted by molar-refractivity contribution is 6.09. The van der Waals surface area contributed by atoms with E-state index in [9.17, 15) is 9.59 Å². The Morgan fingerprint density at radius 3 is 2.67 bits per heavy atom. The standard InChI is InChI=1S/C24H25NO5/c1-3-13-29-22-11-9-17(14-23(22)28-4-2)10-12-24(27)30-16-21(26)19-15-25-20-8-6-5-7-18(19)20/h5-12,14-15,25H,3-4,13,16H2,1-2H3. The summed E-state index contributed by atoms with van der Waals surface area (Å²) >= 11 is 0. The quantitative estimate of drug-likeness (QED) is 0.297. The van der Waals surface area contributed by atoms with Crippen molar-refractivity contribution < 1.29 is 23.8 Å². The molecule has 0 aliphatic carbocycles. The Kier molecular flexibility index (Phi) is 7.27. The van der Waals surface area contributed by atoms with Crippen LogP contribution in [0.15, 0.2) is 54.7 Å². The van der Waals surface area contributed by atoms with Gasteiger partial charge in [-0.05, 0) is 43.2 Å². The lowest BCUT2D eigenvalue weighted by Crippen LogP contribution is -2.12. The minimum absolute atomic E-state index is 0.259. The number of esters is 1. The van der Waals surface area contributed by atoms with Crippen LogP contribution in [0.25, 0.3) is 17.0 Å². The molecule has 6 nitrogen and oxygen atoms in total. The highest BCUT2D eigenvalue weighted by Gasteiger charge is 2.13. The predicted molar refractivity (Wildman–Crippen MR) is 116 cm³/mol. The molecule has 0 aliphatic heterocycles. The Bertz CT molecular complexity index is 1050. The lowest BCUT2D eigenvalue weighted by molar-refractivity contribution is -0.136. The van der Waals surface area contributed by atoms with Crippen molar-refractivity contribution >= 4 is 28.7 Å². The maximum absolute atomic E-state index is 12.4. The van der Waals surface area contributed by atoms with Crippen LogP contribution in [0.4, 0.5) is 0 Å². The number of ketones is 1. The van der Waals surface area contributed by atoms with Gasteiger partial charge in [-0.3, -0.25) is 4.79 Å². The van der Waals surface area contributed by atoms with Crippen molar-refractivity contribution in [3.63, 3.8) is 0 Å². The lowest BCUT2D eigenvalue weighted by Gasteiger charge is -2.12. The third-order valence-corrected chi connectivity index (χ3v) is 4.38. The average molecular weight is 407 g/mol. The van der Waals surface area contributed by atoms with Gasteiger partial charge in [0.05, 0.1) is 13.2 Å². The molecule has 0 unspecified atom stereocenters. The molecule has 3 rings (SSSR count). The molecule has 1 aromatic heterocycles. The second-order valence-electron chi connectivity index (χ2n) is 6.60. The number of aromatic nitrogens is 1. The summed E-state index contributed by atoms with van der Waals surface area (Å²) in [5.74, 6) is 0.441. The third-order valence-electron chi connectivity index (χ3n) is 4.38. The van der Waals surface area contributed by atoms with E-state index in [0.717, 1.165) is 22.9 Å². The summed E-state index contributed by atoms with van der Waals surface area (Å²) in [6.45, 7) is 4.72. The number of Topliss-reactive ketones (excluding diaryl/α,β-unsaturated/α-hetero) is 1. The maximum Gasteiger partial charge on any atom is 0.331 e. The van der Waals surface area contributed by atoms with Gasteiger partial charge in [0.2, 0.25) is 5.78 Å². The second kappa shape index (κ2) is 10.3. The van der Waals surface area contributed by atoms with E-state index in [2.05, 4.69) is 4.98 Å². The van der Waals surface area contributed by atoms with Crippen LogP contribution in [-0.4, -0.2) is 36.6 Å². The predicted octanol–water partition coefficient (Wildman–Crippen LogP) is 4.79. The van der Waals surface area contributed by atoms with E-state index in [1.807, 2.05) is 50.2 Å². The summed E-state index contributed by atoms with van der Waals surface area (Å²) in [5.41, 5.74) is 2.14. The van der Waals surface area contributed by atoms with E-state index >= 15 is 0 Å². The van der Waals surface area contributed by atoms with Crippen LogP contribution in [0, 0.1) is 0 Å². The number of aromatic amines is 1. The van der Waals surface area contributed by atoms with Gasteiger partial charge in [-0.25, -0.2) is 4.79 Å². The summed E-state index contributed by atoms with van der Waals surface area (Å²) in [6.07, 6.45) is 5.44. The monoisotopic (exact) mass is 407 g/mol. The van der Waals surface area contributed by atoms with Gasteiger partial charge in [0.1, 0.15) is 0 Å². The highest BCUT2D eigenvalue weighted by atomic mass is 16.5. The van der Waals surface area contributed by atoms with Crippen LogP contribution in [0.2, 0.25) is 0 Å². The average Bonchev–Trinajstić information content (AvgIpc) is 3.20.